The smallest absolute Gasteiger partial charge is 0.267 e. The molecule has 0 atom stereocenters. The van der Waals surface area contributed by atoms with E-state index in [1.165, 1.54) is 12.3 Å². The van der Waals surface area contributed by atoms with Crippen LogP contribution in [0.1, 0.15) is 20.8 Å². The van der Waals surface area contributed by atoms with Gasteiger partial charge in [-0.2, -0.15) is 0 Å². The van der Waals surface area contributed by atoms with Gasteiger partial charge in [-0.1, -0.05) is 6.07 Å². The summed E-state index contributed by atoms with van der Waals surface area (Å²) >= 11 is 0. The maximum Gasteiger partial charge on any atom is 0.267 e. The lowest BCUT2D eigenvalue weighted by Crippen LogP contribution is -2.49. The highest BCUT2D eigenvalue weighted by Gasteiger charge is 2.23. The van der Waals surface area contributed by atoms with Gasteiger partial charge in [-0.05, 0) is 24.3 Å². The first kappa shape index (κ1) is 15.0. The number of nitrogens with two attached hydrogens (primary N) is 1. The van der Waals surface area contributed by atoms with Gasteiger partial charge in [0, 0.05) is 38.6 Å². The molecule has 1 aliphatic heterocycles. The molecule has 0 aromatic carbocycles. The number of hydrogen-bond donors (Lipinski definition) is 1. The van der Waals surface area contributed by atoms with E-state index in [1.807, 2.05) is 18.2 Å². The highest BCUT2D eigenvalue weighted by atomic mass is 16.2. The summed E-state index contributed by atoms with van der Waals surface area (Å²) < 4.78 is 0. The lowest BCUT2D eigenvalue weighted by atomic mass is 10.2. The van der Waals surface area contributed by atoms with Gasteiger partial charge >= 0.3 is 0 Å². The van der Waals surface area contributed by atoms with Crippen molar-refractivity contribution in [2.45, 2.75) is 0 Å². The van der Waals surface area contributed by atoms with Crippen LogP contribution in [0.4, 0.5) is 5.82 Å². The van der Waals surface area contributed by atoms with Crippen LogP contribution in [-0.4, -0.2) is 52.9 Å². The molecule has 0 aliphatic carbocycles. The third-order valence-corrected chi connectivity index (χ3v) is 3.80. The van der Waals surface area contributed by atoms with Crippen LogP contribution in [0.5, 0.6) is 0 Å². The van der Waals surface area contributed by atoms with E-state index in [1.54, 1.807) is 17.2 Å². The Labute approximate surface area is 133 Å². The molecule has 7 nitrogen and oxygen atoms in total. The molecule has 2 N–H and O–H groups in total. The highest BCUT2D eigenvalue weighted by Crippen LogP contribution is 2.14. The number of piperazine rings is 1. The second-order valence-electron chi connectivity index (χ2n) is 5.26. The van der Waals surface area contributed by atoms with Gasteiger partial charge < -0.3 is 15.5 Å². The molecule has 2 aromatic heterocycles. The first-order chi connectivity index (χ1) is 11.1. The zero-order valence-electron chi connectivity index (χ0n) is 12.6. The first-order valence-corrected chi connectivity index (χ1v) is 7.36. The summed E-state index contributed by atoms with van der Waals surface area (Å²) in [7, 11) is 0. The van der Waals surface area contributed by atoms with E-state index in [-0.39, 0.29) is 11.6 Å². The molecule has 0 unspecified atom stereocenters. The van der Waals surface area contributed by atoms with E-state index in [4.69, 9.17) is 5.73 Å². The first-order valence-electron chi connectivity index (χ1n) is 7.36. The normalized spacial score (nSPS) is 14.6. The number of carbonyl (C=O) groups is 2. The van der Waals surface area contributed by atoms with E-state index < -0.39 is 5.91 Å². The molecule has 0 spiro atoms. The van der Waals surface area contributed by atoms with Crippen LogP contribution in [0.25, 0.3) is 0 Å². The van der Waals surface area contributed by atoms with Gasteiger partial charge in [-0.25, -0.2) is 4.98 Å². The Kier molecular flexibility index (Phi) is 4.18. The quantitative estimate of drug-likeness (QED) is 0.893. The summed E-state index contributed by atoms with van der Waals surface area (Å²) in [6, 6.07) is 8.85. The number of anilines is 1. The molecule has 118 valence electrons. The molecular weight excluding hydrogens is 294 g/mol. The summed E-state index contributed by atoms with van der Waals surface area (Å²) in [4.78, 5) is 35.6. The average Bonchev–Trinajstić information content (AvgIpc) is 2.62. The SMILES string of the molecule is NC(=O)c1ccc(C(=O)N2CCN(c3ccccn3)CC2)cn1. The zero-order valence-corrected chi connectivity index (χ0v) is 12.6. The number of amides is 2. The number of hydrogen-bond acceptors (Lipinski definition) is 5. The van der Waals surface area contributed by atoms with E-state index in [0.29, 0.717) is 18.7 Å². The van der Waals surface area contributed by atoms with Gasteiger partial charge in [0.25, 0.3) is 11.8 Å². The molecule has 3 rings (SSSR count). The summed E-state index contributed by atoms with van der Waals surface area (Å²) in [6.07, 6.45) is 3.16. The number of aromatic nitrogens is 2. The third-order valence-electron chi connectivity index (χ3n) is 3.80. The molecule has 0 bridgehead atoms. The highest BCUT2D eigenvalue weighted by molar-refractivity contribution is 5.95. The van der Waals surface area contributed by atoms with Crippen LogP contribution in [0.2, 0.25) is 0 Å². The fraction of sp³-hybridized carbons (Fsp3) is 0.250. The maximum atomic E-state index is 12.5. The van der Waals surface area contributed by atoms with Gasteiger partial charge in [0.1, 0.15) is 11.5 Å². The van der Waals surface area contributed by atoms with Crippen LogP contribution in [0.3, 0.4) is 0 Å². The monoisotopic (exact) mass is 311 g/mol. The predicted octanol–water partition coefficient (Wildman–Crippen LogP) is 0.538. The Morgan fingerprint density at radius 1 is 1.00 bits per heavy atom. The largest absolute Gasteiger partial charge is 0.364 e. The van der Waals surface area contributed by atoms with E-state index in [9.17, 15) is 9.59 Å². The summed E-state index contributed by atoms with van der Waals surface area (Å²) in [5.74, 6) is 0.231. The van der Waals surface area contributed by atoms with Crippen LogP contribution in [0.15, 0.2) is 42.7 Å². The van der Waals surface area contributed by atoms with E-state index in [2.05, 4.69) is 14.9 Å². The molecule has 0 radical (unpaired) electrons. The Morgan fingerprint density at radius 2 is 1.78 bits per heavy atom. The minimum Gasteiger partial charge on any atom is -0.364 e. The van der Waals surface area contributed by atoms with Crippen molar-refractivity contribution in [2.24, 2.45) is 5.73 Å². The van der Waals surface area contributed by atoms with Gasteiger partial charge in [-0.3, -0.25) is 14.6 Å². The Morgan fingerprint density at radius 3 is 2.35 bits per heavy atom. The molecule has 2 aromatic rings. The third kappa shape index (κ3) is 3.28. The molecule has 7 heteroatoms. The van der Waals surface area contributed by atoms with Crippen LogP contribution in [0, 0.1) is 0 Å². The Balaban J connectivity index is 1.63. The van der Waals surface area contributed by atoms with Gasteiger partial charge in [0.05, 0.1) is 5.56 Å². The molecule has 3 heterocycles. The van der Waals surface area contributed by atoms with E-state index >= 15 is 0 Å². The molecule has 0 saturated carbocycles. The lowest BCUT2D eigenvalue weighted by molar-refractivity contribution is 0.0745. The van der Waals surface area contributed by atoms with Crippen molar-refractivity contribution in [1.82, 2.24) is 14.9 Å². The number of pyridine rings is 2. The van der Waals surface area contributed by atoms with Crippen molar-refractivity contribution in [2.75, 3.05) is 31.1 Å². The Hall–Kier alpha value is -2.96. The lowest BCUT2D eigenvalue weighted by Gasteiger charge is -2.35. The minimum atomic E-state index is -0.604. The Bertz CT molecular complexity index is 694. The van der Waals surface area contributed by atoms with Crippen molar-refractivity contribution in [1.29, 1.82) is 0 Å². The fourth-order valence-corrected chi connectivity index (χ4v) is 2.53. The number of nitrogens with zero attached hydrogens (tertiary/aromatic N) is 4. The van der Waals surface area contributed by atoms with Crippen molar-refractivity contribution in [3.8, 4) is 0 Å². The number of rotatable bonds is 3. The second kappa shape index (κ2) is 6.43. The number of primary amides is 1. The molecule has 1 saturated heterocycles. The summed E-state index contributed by atoms with van der Waals surface area (Å²) in [5, 5.41) is 0. The predicted molar refractivity (Wildman–Crippen MR) is 85.1 cm³/mol. The average molecular weight is 311 g/mol. The number of carbonyl (C=O) groups excluding carboxylic acids is 2. The molecular formula is C16H17N5O2. The van der Waals surface area contributed by atoms with Crippen LogP contribution < -0.4 is 10.6 Å². The topological polar surface area (TPSA) is 92.4 Å². The molecule has 23 heavy (non-hydrogen) atoms. The minimum absolute atomic E-state index is 0.0887. The van der Waals surface area contributed by atoms with Gasteiger partial charge in [-0.15, -0.1) is 0 Å². The van der Waals surface area contributed by atoms with Crippen molar-refractivity contribution < 1.29 is 9.59 Å². The molecule has 2 amide bonds. The maximum absolute atomic E-state index is 12.5. The van der Waals surface area contributed by atoms with Crippen molar-refractivity contribution in [3.05, 3.63) is 54.0 Å². The van der Waals surface area contributed by atoms with Gasteiger partial charge in [0.15, 0.2) is 0 Å². The second-order valence-corrected chi connectivity index (χ2v) is 5.26. The fourth-order valence-electron chi connectivity index (χ4n) is 2.53. The zero-order chi connectivity index (χ0) is 16.2. The van der Waals surface area contributed by atoms with Crippen LogP contribution in [-0.2, 0) is 0 Å². The summed E-state index contributed by atoms with van der Waals surface area (Å²) in [5.41, 5.74) is 5.76. The van der Waals surface area contributed by atoms with Crippen molar-refractivity contribution in [3.63, 3.8) is 0 Å². The standard InChI is InChI=1S/C16H17N5O2/c17-15(22)13-5-4-12(11-19-13)16(23)21-9-7-20(8-10-21)14-3-1-2-6-18-14/h1-6,11H,7-10H2,(H2,17,22). The molecule has 1 aliphatic rings. The molecule has 1 fully saturated rings. The van der Waals surface area contributed by atoms with Gasteiger partial charge in [0.2, 0.25) is 0 Å². The van der Waals surface area contributed by atoms with Crippen LogP contribution >= 0.6 is 0 Å². The van der Waals surface area contributed by atoms with Crippen molar-refractivity contribution >= 4 is 17.6 Å². The van der Waals surface area contributed by atoms with E-state index in [0.717, 1.165) is 18.9 Å². The summed E-state index contributed by atoms with van der Waals surface area (Å²) in [6.45, 7) is 2.70.